The average Bonchev–Trinajstić information content (AvgIpc) is 2.64. The summed E-state index contributed by atoms with van der Waals surface area (Å²) in [5.41, 5.74) is 1.49. The monoisotopic (exact) mass is 347 g/mol. The molecule has 0 unspecified atom stereocenters. The van der Waals surface area contributed by atoms with Crippen molar-refractivity contribution in [1.82, 2.24) is 4.90 Å². The molecule has 2 aromatic carbocycles. The molecule has 0 aliphatic heterocycles. The van der Waals surface area contributed by atoms with Gasteiger partial charge >= 0.3 is 0 Å². The number of benzene rings is 2. The molecule has 0 radical (unpaired) electrons. The molecule has 26 heavy (non-hydrogen) atoms. The van der Waals surface area contributed by atoms with Crippen LogP contribution in [0.15, 0.2) is 60.7 Å². The van der Waals surface area contributed by atoms with Crippen LogP contribution in [-0.4, -0.2) is 34.6 Å². The molecule has 0 saturated heterocycles. The summed E-state index contributed by atoms with van der Waals surface area (Å²) in [5.74, 6) is 5.67. The third kappa shape index (κ3) is 6.23. The highest BCUT2D eigenvalue weighted by Crippen LogP contribution is 2.09. The van der Waals surface area contributed by atoms with Gasteiger partial charge in [-0.3, -0.25) is 4.79 Å². The van der Waals surface area contributed by atoms with E-state index in [9.17, 15) is 9.90 Å². The fourth-order valence-corrected chi connectivity index (χ4v) is 2.34. The van der Waals surface area contributed by atoms with Crippen molar-refractivity contribution >= 4 is 12.0 Å². The van der Waals surface area contributed by atoms with E-state index >= 15 is 0 Å². The summed E-state index contributed by atoms with van der Waals surface area (Å²) in [4.78, 5) is 14.5. The molecule has 0 aliphatic carbocycles. The van der Waals surface area contributed by atoms with Gasteiger partial charge in [0, 0.05) is 24.2 Å². The molecule has 3 heteroatoms. The molecule has 1 amide bonds. The number of rotatable bonds is 5. The van der Waals surface area contributed by atoms with Gasteiger partial charge in [-0.15, -0.1) is 0 Å². The van der Waals surface area contributed by atoms with Crippen LogP contribution in [0.1, 0.15) is 42.3 Å². The van der Waals surface area contributed by atoms with E-state index in [-0.39, 0.29) is 5.91 Å². The van der Waals surface area contributed by atoms with Crippen molar-refractivity contribution < 1.29 is 9.90 Å². The molecule has 0 fully saturated rings. The van der Waals surface area contributed by atoms with Gasteiger partial charge in [-0.05, 0) is 50.6 Å². The first kappa shape index (κ1) is 19.5. The SMILES string of the molecule is CCN(CC=Cc1ccccc1)C(=O)c1ccc(C#CC(C)(C)O)cc1. The zero-order chi connectivity index (χ0) is 19.0. The van der Waals surface area contributed by atoms with Crippen molar-refractivity contribution in [2.75, 3.05) is 13.1 Å². The molecule has 0 atom stereocenters. The number of likely N-dealkylation sites (N-methyl/N-ethyl adjacent to an activating group) is 1. The smallest absolute Gasteiger partial charge is 0.254 e. The molecular weight excluding hydrogens is 322 g/mol. The van der Waals surface area contributed by atoms with Crippen molar-refractivity contribution in [3.05, 3.63) is 77.4 Å². The van der Waals surface area contributed by atoms with E-state index < -0.39 is 5.60 Å². The van der Waals surface area contributed by atoms with Crippen LogP contribution in [0.2, 0.25) is 0 Å². The van der Waals surface area contributed by atoms with Gasteiger partial charge in [0.15, 0.2) is 0 Å². The molecule has 0 bridgehead atoms. The lowest BCUT2D eigenvalue weighted by atomic mass is 10.1. The van der Waals surface area contributed by atoms with Crippen molar-refractivity contribution in [3.63, 3.8) is 0 Å². The lowest BCUT2D eigenvalue weighted by Gasteiger charge is -2.19. The van der Waals surface area contributed by atoms with Crippen LogP contribution in [0.4, 0.5) is 0 Å². The Bertz CT molecular complexity index is 803. The summed E-state index contributed by atoms with van der Waals surface area (Å²) >= 11 is 0. The van der Waals surface area contributed by atoms with Crippen molar-refractivity contribution in [2.45, 2.75) is 26.4 Å². The van der Waals surface area contributed by atoms with Gasteiger partial charge in [0.1, 0.15) is 5.60 Å². The summed E-state index contributed by atoms with van der Waals surface area (Å²) < 4.78 is 0. The van der Waals surface area contributed by atoms with Crippen LogP contribution in [0.3, 0.4) is 0 Å². The summed E-state index contributed by atoms with van der Waals surface area (Å²) in [6, 6.07) is 17.2. The zero-order valence-corrected chi connectivity index (χ0v) is 15.6. The maximum atomic E-state index is 12.7. The second-order valence-electron chi connectivity index (χ2n) is 6.54. The molecule has 0 aromatic heterocycles. The lowest BCUT2D eigenvalue weighted by Crippen LogP contribution is -2.30. The van der Waals surface area contributed by atoms with Crippen molar-refractivity contribution in [3.8, 4) is 11.8 Å². The van der Waals surface area contributed by atoms with Crippen LogP contribution >= 0.6 is 0 Å². The van der Waals surface area contributed by atoms with E-state index in [4.69, 9.17) is 0 Å². The molecular formula is C23H25NO2. The zero-order valence-electron chi connectivity index (χ0n) is 15.6. The normalized spacial score (nSPS) is 11.1. The number of hydrogen-bond acceptors (Lipinski definition) is 2. The molecule has 0 saturated carbocycles. The number of carbonyl (C=O) groups is 1. The van der Waals surface area contributed by atoms with Crippen LogP contribution < -0.4 is 0 Å². The topological polar surface area (TPSA) is 40.5 Å². The summed E-state index contributed by atoms with van der Waals surface area (Å²) in [6.07, 6.45) is 4.02. The van der Waals surface area contributed by atoms with Crippen LogP contribution in [0.25, 0.3) is 6.08 Å². The molecule has 2 rings (SSSR count). The van der Waals surface area contributed by atoms with Crippen molar-refractivity contribution in [1.29, 1.82) is 0 Å². The predicted molar refractivity (Wildman–Crippen MR) is 107 cm³/mol. The van der Waals surface area contributed by atoms with Gasteiger partial charge in [0.05, 0.1) is 0 Å². The highest BCUT2D eigenvalue weighted by Gasteiger charge is 2.12. The van der Waals surface area contributed by atoms with Crippen LogP contribution in [-0.2, 0) is 0 Å². The van der Waals surface area contributed by atoms with E-state index in [1.807, 2.05) is 49.4 Å². The summed E-state index contributed by atoms with van der Waals surface area (Å²) in [6.45, 7) is 6.44. The van der Waals surface area contributed by atoms with Crippen LogP contribution in [0, 0.1) is 11.8 Å². The van der Waals surface area contributed by atoms with Gasteiger partial charge in [0.25, 0.3) is 5.91 Å². The van der Waals surface area contributed by atoms with E-state index in [2.05, 4.69) is 11.8 Å². The molecule has 0 spiro atoms. The second-order valence-corrected chi connectivity index (χ2v) is 6.54. The highest BCUT2D eigenvalue weighted by molar-refractivity contribution is 5.94. The first-order valence-corrected chi connectivity index (χ1v) is 8.75. The Morgan fingerprint density at radius 3 is 2.35 bits per heavy atom. The Morgan fingerprint density at radius 1 is 1.12 bits per heavy atom. The molecule has 2 aromatic rings. The maximum absolute atomic E-state index is 12.7. The van der Waals surface area contributed by atoms with E-state index in [1.165, 1.54) is 0 Å². The van der Waals surface area contributed by atoms with E-state index in [0.717, 1.165) is 11.1 Å². The minimum Gasteiger partial charge on any atom is -0.378 e. The fourth-order valence-electron chi connectivity index (χ4n) is 2.34. The largest absolute Gasteiger partial charge is 0.378 e. The second kappa shape index (κ2) is 9.03. The number of amides is 1. The van der Waals surface area contributed by atoms with Gasteiger partial charge in [-0.2, -0.15) is 0 Å². The first-order chi connectivity index (χ1) is 12.4. The van der Waals surface area contributed by atoms with Gasteiger partial charge in [-0.25, -0.2) is 0 Å². The minimum absolute atomic E-state index is 0.00721. The molecule has 3 nitrogen and oxygen atoms in total. The van der Waals surface area contributed by atoms with E-state index in [0.29, 0.717) is 18.7 Å². The number of aliphatic hydroxyl groups is 1. The number of hydrogen-bond donors (Lipinski definition) is 1. The van der Waals surface area contributed by atoms with Crippen molar-refractivity contribution in [2.24, 2.45) is 0 Å². The Kier molecular flexibility index (Phi) is 6.77. The minimum atomic E-state index is -1.03. The maximum Gasteiger partial charge on any atom is 0.254 e. The quantitative estimate of drug-likeness (QED) is 0.831. The first-order valence-electron chi connectivity index (χ1n) is 8.75. The Balaban J connectivity index is 2.03. The molecule has 134 valence electrons. The average molecular weight is 347 g/mol. The third-order valence-electron chi connectivity index (χ3n) is 3.75. The summed E-state index contributed by atoms with van der Waals surface area (Å²) in [7, 11) is 0. The fraction of sp³-hybridized carbons (Fsp3) is 0.261. The Morgan fingerprint density at radius 2 is 1.77 bits per heavy atom. The predicted octanol–water partition coefficient (Wildman–Crippen LogP) is 3.98. The van der Waals surface area contributed by atoms with Gasteiger partial charge in [-0.1, -0.05) is 54.3 Å². The third-order valence-corrected chi connectivity index (χ3v) is 3.75. The standard InChI is InChI=1S/C23H25NO2/c1-4-24(18-8-11-19-9-6-5-7-10-19)22(25)21-14-12-20(13-15-21)16-17-23(2,3)26/h5-15,26H,4,18H2,1-3H3. The van der Waals surface area contributed by atoms with E-state index in [1.54, 1.807) is 43.0 Å². The Labute approximate surface area is 156 Å². The molecule has 0 aliphatic rings. The molecule has 1 N–H and O–H groups in total. The highest BCUT2D eigenvalue weighted by atomic mass is 16.3. The summed E-state index contributed by atoms with van der Waals surface area (Å²) in [5, 5.41) is 9.65. The number of nitrogens with zero attached hydrogens (tertiary/aromatic N) is 1. The van der Waals surface area contributed by atoms with Gasteiger partial charge < -0.3 is 10.0 Å². The lowest BCUT2D eigenvalue weighted by molar-refractivity contribution is 0.0782. The Hall–Kier alpha value is -2.83. The molecule has 0 heterocycles. The van der Waals surface area contributed by atoms with Gasteiger partial charge in [0.2, 0.25) is 0 Å². The number of carbonyl (C=O) groups excluding carboxylic acids is 1. The van der Waals surface area contributed by atoms with Crippen LogP contribution in [0.5, 0.6) is 0 Å².